The lowest BCUT2D eigenvalue weighted by molar-refractivity contribution is 0.104. The molecule has 3 rings (SSSR count). The third-order valence-corrected chi connectivity index (χ3v) is 4.05. The van der Waals surface area contributed by atoms with E-state index in [0.717, 1.165) is 11.1 Å². The van der Waals surface area contributed by atoms with Crippen molar-refractivity contribution >= 4 is 22.1 Å². The van der Waals surface area contributed by atoms with Crippen LogP contribution in [0.4, 0.5) is 9.39 Å². The average molecular weight is 297 g/mol. The maximum atomic E-state index is 13.0. The Kier molecular flexibility index (Phi) is 3.54. The Balaban J connectivity index is 2.09. The fourth-order valence-electron chi connectivity index (χ4n) is 2.18. The first-order valence-electron chi connectivity index (χ1n) is 6.39. The Hall–Kier alpha value is -2.46. The van der Waals surface area contributed by atoms with Gasteiger partial charge in [0.25, 0.3) is 0 Å². The fourth-order valence-corrected chi connectivity index (χ4v) is 3.00. The van der Waals surface area contributed by atoms with Gasteiger partial charge in [-0.1, -0.05) is 42.5 Å². The summed E-state index contributed by atoms with van der Waals surface area (Å²) < 4.78 is 13.0. The van der Waals surface area contributed by atoms with Gasteiger partial charge in [0.15, 0.2) is 5.78 Å². The summed E-state index contributed by atoms with van der Waals surface area (Å²) in [5.74, 6) is -0.424. The summed E-state index contributed by atoms with van der Waals surface area (Å²) in [4.78, 5) is 12.6. The van der Waals surface area contributed by atoms with Crippen molar-refractivity contribution in [1.29, 1.82) is 0 Å². The topological polar surface area (TPSA) is 43.1 Å². The quantitative estimate of drug-likeness (QED) is 0.730. The van der Waals surface area contributed by atoms with Crippen molar-refractivity contribution in [2.24, 2.45) is 0 Å². The van der Waals surface area contributed by atoms with Gasteiger partial charge < -0.3 is 5.73 Å². The van der Waals surface area contributed by atoms with Crippen LogP contribution >= 0.6 is 11.3 Å². The normalized spacial score (nSPS) is 10.5. The van der Waals surface area contributed by atoms with E-state index >= 15 is 0 Å². The third kappa shape index (κ3) is 2.58. The Labute approximate surface area is 125 Å². The number of rotatable bonds is 3. The van der Waals surface area contributed by atoms with Gasteiger partial charge in [-0.3, -0.25) is 4.79 Å². The number of carbonyl (C=O) groups is 1. The van der Waals surface area contributed by atoms with Crippen LogP contribution in [-0.2, 0) is 0 Å². The van der Waals surface area contributed by atoms with E-state index in [-0.39, 0.29) is 11.6 Å². The smallest absolute Gasteiger partial charge is 0.196 e. The summed E-state index contributed by atoms with van der Waals surface area (Å²) in [6.45, 7) is 0. The molecule has 0 unspecified atom stereocenters. The Morgan fingerprint density at radius 1 is 1.00 bits per heavy atom. The highest BCUT2D eigenvalue weighted by molar-refractivity contribution is 7.15. The summed E-state index contributed by atoms with van der Waals surface area (Å²) in [6.07, 6.45) is 0. The van der Waals surface area contributed by atoms with E-state index in [2.05, 4.69) is 0 Å². The van der Waals surface area contributed by atoms with Gasteiger partial charge in [0.2, 0.25) is 0 Å². The molecule has 0 fully saturated rings. The molecule has 0 radical (unpaired) electrons. The van der Waals surface area contributed by atoms with Crippen molar-refractivity contribution in [3.05, 3.63) is 76.9 Å². The molecular weight excluding hydrogens is 285 g/mol. The molecule has 0 spiro atoms. The zero-order valence-electron chi connectivity index (χ0n) is 11.0. The first-order chi connectivity index (χ1) is 10.2. The second kappa shape index (κ2) is 5.50. The number of benzene rings is 2. The highest BCUT2D eigenvalue weighted by Gasteiger charge is 2.19. The van der Waals surface area contributed by atoms with E-state index in [1.165, 1.54) is 23.5 Å². The van der Waals surface area contributed by atoms with E-state index in [4.69, 9.17) is 5.73 Å². The van der Waals surface area contributed by atoms with Gasteiger partial charge in [0.1, 0.15) is 5.82 Å². The van der Waals surface area contributed by atoms with Gasteiger partial charge in [-0.25, -0.2) is 4.39 Å². The monoisotopic (exact) mass is 297 g/mol. The van der Waals surface area contributed by atoms with E-state index in [1.807, 2.05) is 23.6 Å². The van der Waals surface area contributed by atoms with Crippen LogP contribution in [0.5, 0.6) is 0 Å². The lowest BCUT2D eigenvalue weighted by atomic mass is 9.97. The van der Waals surface area contributed by atoms with Crippen LogP contribution in [0, 0.1) is 5.82 Å². The van der Waals surface area contributed by atoms with Crippen molar-refractivity contribution in [2.75, 3.05) is 5.73 Å². The number of hydrogen-bond acceptors (Lipinski definition) is 3. The molecule has 0 aliphatic rings. The molecule has 0 saturated heterocycles. The van der Waals surface area contributed by atoms with Crippen LogP contribution < -0.4 is 5.73 Å². The molecule has 2 N–H and O–H groups in total. The van der Waals surface area contributed by atoms with Crippen LogP contribution in [0.1, 0.15) is 15.9 Å². The summed E-state index contributed by atoms with van der Waals surface area (Å²) in [5.41, 5.74) is 8.57. The number of anilines is 1. The molecular formula is C17H12FNOS. The predicted octanol–water partition coefficient (Wildman–Crippen LogP) is 4.37. The first-order valence-corrected chi connectivity index (χ1v) is 7.27. The summed E-state index contributed by atoms with van der Waals surface area (Å²) in [7, 11) is 0. The van der Waals surface area contributed by atoms with E-state index in [0.29, 0.717) is 16.1 Å². The number of ketones is 1. The maximum absolute atomic E-state index is 13.0. The molecule has 1 heterocycles. The van der Waals surface area contributed by atoms with Gasteiger partial charge in [0, 0.05) is 16.5 Å². The zero-order chi connectivity index (χ0) is 14.8. The minimum Gasteiger partial charge on any atom is -0.390 e. The Morgan fingerprint density at radius 2 is 1.67 bits per heavy atom. The van der Waals surface area contributed by atoms with Crippen LogP contribution in [0.15, 0.2) is 60.0 Å². The van der Waals surface area contributed by atoms with Crippen molar-refractivity contribution in [3.63, 3.8) is 0 Å². The minimum atomic E-state index is -0.308. The second-order valence-electron chi connectivity index (χ2n) is 4.59. The molecule has 104 valence electrons. The average Bonchev–Trinajstić information content (AvgIpc) is 2.90. The number of nitrogens with two attached hydrogens (primary N) is 1. The van der Waals surface area contributed by atoms with Crippen LogP contribution in [0.3, 0.4) is 0 Å². The van der Waals surface area contributed by atoms with Gasteiger partial charge in [-0.2, -0.15) is 0 Å². The van der Waals surface area contributed by atoms with E-state index in [9.17, 15) is 9.18 Å². The van der Waals surface area contributed by atoms with Gasteiger partial charge in [0.05, 0.1) is 10.6 Å². The molecule has 2 aromatic carbocycles. The van der Waals surface area contributed by atoms with Crippen LogP contribution in [0.2, 0.25) is 0 Å². The molecule has 0 amide bonds. The van der Waals surface area contributed by atoms with Crippen LogP contribution in [-0.4, -0.2) is 5.78 Å². The van der Waals surface area contributed by atoms with Crippen molar-refractivity contribution in [1.82, 2.24) is 0 Å². The van der Waals surface area contributed by atoms with Gasteiger partial charge in [-0.15, -0.1) is 11.3 Å². The van der Waals surface area contributed by atoms with Crippen molar-refractivity contribution < 1.29 is 9.18 Å². The van der Waals surface area contributed by atoms with Crippen molar-refractivity contribution in [3.8, 4) is 11.1 Å². The lowest BCUT2D eigenvalue weighted by Crippen LogP contribution is -2.04. The number of carbonyl (C=O) groups excluding carboxylic acids is 1. The molecule has 0 atom stereocenters. The maximum Gasteiger partial charge on any atom is 0.196 e. The lowest BCUT2D eigenvalue weighted by Gasteiger charge is -2.05. The minimum absolute atomic E-state index is 0.117. The summed E-state index contributed by atoms with van der Waals surface area (Å²) in [6, 6.07) is 15.0. The summed E-state index contributed by atoms with van der Waals surface area (Å²) in [5, 5.41) is 2.31. The molecule has 0 saturated carbocycles. The van der Waals surface area contributed by atoms with E-state index < -0.39 is 0 Å². The highest BCUT2D eigenvalue weighted by atomic mass is 32.1. The number of halogens is 1. The SMILES string of the molecule is Nc1scc(-c2ccc(F)cc2)c1C(=O)c1ccccc1. The van der Waals surface area contributed by atoms with Gasteiger partial charge >= 0.3 is 0 Å². The fraction of sp³-hybridized carbons (Fsp3) is 0. The molecule has 2 nitrogen and oxygen atoms in total. The molecule has 21 heavy (non-hydrogen) atoms. The molecule has 4 heteroatoms. The summed E-state index contributed by atoms with van der Waals surface area (Å²) >= 11 is 1.32. The number of hydrogen-bond donors (Lipinski definition) is 1. The second-order valence-corrected chi connectivity index (χ2v) is 5.50. The molecule has 3 aromatic rings. The standard InChI is InChI=1S/C17H12FNOS/c18-13-8-6-11(7-9-13)14-10-21-17(19)15(14)16(20)12-4-2-1-3-5-12/h1-10H,19H2. The van der Waals surface area contributed by atoms with Crippen LogP contribution in [0.25, 0.3) is 11.1 Å². The molecule has 1 aromatic heterocycles. The molecule has 0 aliphatic carbocycles. The van der Waals surface area contributed by atoms with Gasteiger partial charge in [-0.05, 0) is 17.7 Å². The zero-order valence-corrected chi connectivity index (χ0v) is 11.9. The Morgan fingerprint density at radius 3 is 2.33 bits per heavy atom. The number of nitrogen functional groups attached to an aromatic ring is 1. The van der Waals surface area contributed by atoms with E-state index in [1.54, 1.807) is 24.3 Å². The Bertz CT molecular complexity index is 778. The molecule has 0 aliphatic heterocycles. The van der Waals surface area contributed by atoms with Crippen molar-refractivity contribution in [2.45, 2.75) is 0 Å². The largest absolute Gasteiger partial charge is 0.390 e. The molecule has 0 bridgehead atoms. The third-order valence-electron chi connectivity index (χ3n) is 3.24. The number of thiophene rings is 1. The first kappa shape index (κ1) is 13.5. The predicted molar refractivity (Wildman–Crippen MR) is 84.0 cm³/mol. The highest BCUT2D eigenvalue weighted by Crippen LogP contribution is 2.35.